The standard InChI is InChI=1S/C12H27N3O2S/c1-4-13-7-5-6-12(2)14-8-10-15(11-9-14)18(3,16)17/h12-13H,4-11H2,1-3H3. The first-order valence-corrected chi connectivity index (χ1v) is 8.70. The number of hydrogen-bond acceptors (Lipinski definition) is 4. The van der Waals surface area contributed by atoms with Gasteiger partial charge in [0.1, 0.15) is 0 Å². The van der Waals surface area contributed by atoms with E-state index in [2.05, 4.69) is 24.1 Å². The van der Waals surface area contributed by atoms with Crippen LogP contribution >= 0.6 is 0 Å². The predicted molar refractivity (Wildman–Crippen MR) is 75.2 cm³/mol. The zero-order valence-electron chi connectivity index (χ0n) is 11.9. The monoisotopic (exact) mass is 277 g/mol. The van der Waals surface area contributed by atoms with Crippen LogP contribution in [0.5, 0.6) is 0 Å². The van der Waals surface area contributed by atoms with Crippen molar-refractivity contribution in [2.45, 2.75) is 32.7 Å². The van der Waals surface area contributed by atoms with Crippen molar-refractivity contribution in [1.82, 2.24) is 14.5 Å². The van der Waals surface area contributed by atoms with E-state index in [1.165, 1.54) is 19.1 Å². The molecule has 0 spiro atoms. The SMILES string of the molecule is CCNCCCC(C)N1CCN(S(C)(=O)=O)CC1. The van der Waals surface area contributed by atoms with Crippen LogP contribution in [0.1, 0.15) is 26.7 Å². The van der Waals surface area contributed by atoms with Gasteiger partial charge in [0.2, 0.25) is 10.0 Å². The van der Waals surface area contributed by atoms with Crippen molar-refractivity contribution in [3.8, 4) is 0 Å². The van der Waals surface area contributed by atoms with Gasteiger partial charge in [-0.15, -0.1) is 0 Å². The maximum absolute atomic E-state index is 11.4. The fourth-order valence-corrected chi connectivity index (χ4v) is 3.18. The van der Waals surface area contributed by atoms with E-state index in [-0.39, 0.29) is 0 Å². The summed E-state index contributed by atoms with van der Waals surface area (Å²) in [5, 5.41) is 3.33. The average Bonchev–Trinajstić information content (AvgIpc) is 2.33. The first-order valence-electron chi connectivity index (χ1n) is 6.85. The minimum absolute atomic E-state index is 0.547. The summed E-state index contributed by atoms with van der Waals surface area (Å²) in [7, 11) is -3.00. The van der Waals surface area contributed by atoms with Gasteiger partial charge in [0, 0.05) is 32.2 Å². The van der Waals surface area contributed by atoms with Gasteiger partial charge in [0.05, 0.1) is 6.26 Å². The summed E-state index contributed by atoms with van der Waals surface area (Å²) >= 11 is 0. The highest BCUT2D eigenvalue weighted by Gasteiger charge is 2.25. The summed E-state index contributed by atoms with van der Waals surface area (Å²) in [5.74, 6) is 0. The topological polar surface area (TPSA) is 52.6 Å². The number of sulfonamides is 1. The van der Waals surface area contributed by atoms with Crippen LogP contribution in [0.3, 0.4) is 0 Å². The quantitative estimate of drug-likeness (QED) is 0.682. The van der Waals surface area contributed by atoms with Gasteiger partial charge in [-0.05, 0) is 32.9 Å². The minimum atomic E-state index is -3.00. The molecule has 1 saturated heterocycles. The van der Waals surface area contributed by atoms with Gasteiger partial charge in [-0.1, -0.05) is 6.92 Å². The Kier molecular flexibility index (Phi) is 6.55. The lowest BCUT2D eigenvalue weighted by Crippen LogP contribution is -2.51. The molecule has 18 heavy (non-hydrogen) atoms. The molecule has 0 aromatic carbocycles. The van der Waals surface area contributed by atoms with Crippen LogP contribution < -0.4 is 5.32 Å². The second-order valence-electron chi connectivity index (χ2n) is 5.04. The molecule has 0 bridgehead atoms. The van der Waals surface area contributed by atoms with Crippen LogP contribution in [0.4, 0.5) is 0 Å². The molecule has 1 heterocycles. The lowest BCUT2D eigenvalue weighted by Gasteiger charge is -2.37. The minimum Gasteiger partial charge on any atom is -0.317 e. The maximum atomic E-state index is 11.4. The highest BCUT2D eigenvalue weighted by molar-refractivity contribution is 7.88. The number of nitrogens with zero attached hydrogens (tertiary/aromatic N) is 2. The van der Waals surface area contributed by atoms with Crippen LogP contribution in [0.15, 0.2) is 0 Å². The summed E-state index contributed by atoms with van der Waals surface area (Å²) in [4.78, 5) is 2.40. The van der Waals surface area contributed by atoms with Crippen molar-refractivity contribution < 1.29 is 8.42 Å². The van der Waals surface area contributed by atoms with E-state index in [0.29, 0.717) is 19.1 Å². The van der Waals surface area contributed by atoms with E-state index in [1.807, 2.05) is 0 Å². The Morgan fingerprint density at radius 3 is 2.33 bits per heavy atom. The molecule has 1 fully saturated rings. The van der Waals surface area contributed by atoms with Gasteiger partial charge in [0.25, 0.3) is 0 Å². The Bertz CT molecular complexity index is 324. The van der Waals surface area contributed by atoms with E-state index in [1.54, 1.807) is 4.31 Å². The van der Waals surface area contributed by atoms with E-state index in [9.17, 15) is 8.42 Å². The zero-order valence-corrected chi connectivity index (χ0v) is 12.7. The summed E-state index contributed by atoms with van der Waals surface area (Å²) in [6.45, 7) is 9.44. The normalized spacial score (nSPS) is 21.1. The molecule has 0 aliphatic carbocycles. The molecular formula is C12H27N3O2S. The molecule has 0 aromatic rings. The Balaban J connectivity index is 2.25. The molecule has 1 atom stereocenters. The maximum Gasteiger partial charge on any atom is 0.211 e. The summed E-state index contributed by atoms with van der Waals surface area (Å²) in [6, 6.07) is 0.547. The highest BCUT2D eigenvalue weighted by Crippen LogP contribution is 2.12. The predicted octanol–water partition coefficient (Wildman–Crippen LogP) is 0.342. The second-order valence-corrected chi connectivity index (χ2v) is 7.03. The fraction of sp³-hybridized carbons (Fsp3) is 1.00. The van der Waals surface area contributed by atoms with Gasteiger partial charge in [-0.2, -0.15) is 4.31 Å². The van der Waals surface area contributed by atoms with Crippen molar-refractivity contribution in [3.63, 3.8) is 0 Å². The van der Waals surface area contributed by atoms with Gasteiger partial charge in [-0.3, -0.25) is 4.90 Å². The smallest absolute Gasteiger partial charge is 0.211 e. The molecule has 108 valence electrons. The van der Waals surface area contributed by atoms with Crippen molar-refractivity contribution in [2.24, 2.45) is 0 Å². The van der Waals surface area contributed by atoms with Crippen LogP contribution in [0, 0.1) is 0 Å². The zero-order chi connectivity index (χ0) is 13.6. The molecule has 1 rings (SSSR count). The number of nitrogens with one attached hydrogen (secondary N) is 1. The molecule has 0 radical (unpaired) electrons. The molecule has 5 nitrogen and oxygen atoms in total. The molecule has 1 unspecified atom stereocenters. The lowest BCUT2D eigenvalue weighted by molar-refractivity contribution is 0.139. The first-order chi connectivity index (χ1) is 8.45. The summed E-state index contributed by atoms with van der Waals surface area (Å²) in [6.07, 6.45) is 3.65. The average molecular weight is 277 g/mol. The van der Waals surface area contributed by atoms with E-state index < -0.39 is 10.0 Å². The summed E-state index contributed by atoms with van der Waals surface area (Å²) in [5.41, 5.74) is 0. The van der Waals surface area contributed by atoms with Crippen molar-refractivity contribution in [2.75, 3.05) is 45.5 Å². The Morgan fingerprint density at radius 1 is 1.22 bits per heavy atom. The molecule has 0 aromatic heterocycles. The largest absolute Gasteiger partial charge is 0.317 e. The lowest BCUT2D eigenvalue weighted by atomic mass is 10.1. The van der Waals surface area contributed by atoms with E-state index in [0.717, 1.165) is 26.2 Å². The van der Waals surface area contributed by atoms with Crippen LogP contribution in [-0.2, 0) is 10.0 Å². The van der Waals surface area contributed by atoms with Gasteiger partial charge >= 0.3 is 0 Å². The van der Waals surface area contributed by atoms with Gasteiger partial charge in [-0.25, -0.2) is 8.42 Å². The molecule has 1 aliphatic rings. The second kappa shape index (κ2) is 7.43. The fourth-order valence-electron chi connectivity index (χ4n) is 2.36. The number of piperazine rings is 1. The van der Waals surface area contributed by atoms with E-state index in [4.69, 9.17) is 0 Å². The molecule has 1 aliphatic heterocycles. The third-order valence-electron chi connectivity index (χ3n) is 3.59. The molecule has 1 N–H and O–H groups in total. The molecule has 0 amide bonds. The Morgan fingerprint density at radius 2 is 1.83 bits per heavy atom. The van der Waals surface area contributed by atoms with E-state index >= 15 is 0 Å². The van der Waals surface area contributed by atoms with Crippen LogP contribution in [0.25, 0.3) is 0 Å². The van der Waals surface area contributed by atoms with Crippen molar-refractivity contribution in [1.29, 1.82) is 0 Å². The molecule has 0 saturated carbocycles. The van der Waals surface area contributed by atoms with Gasteiger partial charge in [0.15, 0.2) is 0 Å². The van der Waals surface area contributed by atoms with Crippen LogP contribution in [-0.4, -0.2) is 69.2 Å². The summed E-state index contributed by atoms with van der Waals surface area (Å²) < 4.78 is 24.4. The Labute approximate surface area is 112 Å². The number of hydrogen-bond donors (Lipinski definition) is 1. The Hall–Kier alpha value is -0.170. The molecular weight excluding hydrogens is 250 g/mol. The third-order valence-corrected chi connectivity index (χ3v) is 4.89. The third kappa shape index (κ3) is 5.22. The van der Waals surface area contributed by atoms with Gasteiger partial charge < -0.3 is 5.32 Å². The first kappa shape index (κ1) is 15.9. The number of rotatable bonds is 7. The molecule has 6 heteroatoms. The highest BCUT2D eigenvalue weighted by atomic mass is 32.2. The van der Waals surface area contributed by atoms with Crippen LogP contribution in [0.2, 0.25) is 0 Å². The van der Waals surface area contributed by atoms with Crippen molar-refractivity contribution in [3.05, 3.63) is 0 Å². The van der Waals surface area contributed by atoms with Crippen molar-refractivity contribution >= 4 is 10.0 Å².